The number of hydrogen-bond donors (Lipinski definition) is 0. The van der Waals surface area contributed by atoms with Crippen LogP contribution in [0.15, 0.2) is 34.7 Å². The van der Waals surface area contributed by atoms with E-state index in [0.717, 1.165) is 46.4 Å². The van der Waals surface area contributed by atoms with Crippen LogP contribution >= 0.6 is 11.3 Å². The summed E-state index contributed by atoms with van der Waals surface area (Å²) in [7, 11) is 0. The van der Waals surface area contributed by atoms with Gasteiger partial charge in [0.1, 0.15) is 10.6 Å². The van der Waals surface area contributed by atoms with Gasteiger partial charge in [-0.3, -0.25) is 4.79 Å². The Hall–Kier alpha value is -2.40. The zero-order valence-corrected chi connectivity index (χ0v) is 14.7. The van der Waals surface area contributed by atoms with E-state index < -0.39 is 0 Å². The zero-order chi connectivity index (χ0) is 16.8. The predicted octanol–water partition coefficient (Wildman–Crippen LogP) is 4.53. The number of fused-ring (bicyclic) bond motifs is 1. The fraction of sp³-hybridized carbons (Fsp3) is 0.263. The number of anilines is 1. The van der Waals surface area contributed by atoms with E-state index in [2.05, 4.69) is 30.1 Å². The molecule has 0 N–H and O–H groups in total. The summed E-state index contributed by atoms with van der Waals surface area (Å²) in [5.74, 6) is 1.60. The third-order valence-electron chi connectivity index (χ3n) is 4.38. The van der Waals surface area contributed by atoms with Gasteiger partial charge in [-0.2, -0.15) is 0 Å². The first kappa shape index (κ1) is 15.1. The summed E-state index contributed by atoms with van der Waals surface area (Å²) in [5, 5.41) is 0.758. The van der Waals surface area contributed by atoms with Crippen LogP contribution in [0.4, 0.5) is 5.69 Å². The van der Waals surface area contributed by atoms with Crippen LogP contribution < -0.4 is 4.90 Å². The van der Waals surface area contributed by atoms with Gasteiger partial charge in [0, 0.05) is 6.54 Å². The van der Waals surface area contributed by atoms with Crippen LogP contribution in [0.1, 0.15) is 32.3 Å². The zero-order valence-electron chi connectivity index (χ0n) is 13.9. The first-order chi connectivity index (χ1) is 11.5. The molecule has 122 valence electrons. The van der Waals surface area contributed by atoms with E-state index in [1.807, 2.05) is 30.9 Å². The van der Waals surface area contributed by atoms with Crippen LogP contribution in [0.25, 0.3) is 10.8 Å². The van der Waals surface area contributed by atoms with E-state index in [4.69, 9.17) is 4.42 Å². The number of hydrogen-bond acceptors (Lipinski definition) is 4. The minimum atomic E-state index is 0.0348. The lowest BCUT2D eigenvalue weighted by Gasteiger charge is -2.18. The van der Waals surface area contributed by atoms with Crippen molar-refractivity contribution in [2.75, 3.05) is 11.4 Å². The highest BCUT2D eigenvalue weighted by atomic mass is 32.1. The number of rotatable bonds is 2. The molecule has 24 heavy (non-hydrogen) atoms. The number of aromatic nitrogens is 1. The second-order valence-electron chi connectivity index (χ2n) is 6.13. The fourth-order valence-corrected chi connectivity index (χ4v) is 4.20. The van der Waals surface area contributed by atoms with Crippen LogP contribution in [-0.2, 0) is 6.42 Å². The van der Waals surface area contributed by atoms with Gasteiger partial charge in [0.2, 0.25) is 0 Å². The highest BCUT2D eigenvalue weighted by molar-refractivity contribution is 7.17. The topological polar surface area (TPSA) is 46.3 Å². The average molecular weight is 338 g/mol. The summed E-state index contributed by atoms with van der Waals surface area (Å²) < 4.78 is 5.64. The maximum Gasteiger partial charge on any atom is 0.270 e. The van der Waals surface area contributed by atoms with Gasteiger partial charge in [0.25, 0.3) is 5.91 Å². The van der Waals surface area contributed by atoms with Crippen molar-refractivity contribution < 1.29 is 9.21 Å². The molecule has 4 nitrogen and oxygen atoms in total. The molecule has 0 bridgehead atoms. The van der Waals surface area contributed by atoms with Crippen LogP contribution in [0.2, 0.25) is 0 Å². The van der Waals surface area contributed by atoms with Crippen molar-refractivity contribution in [3.8, 4) is 10.8 Å². The Morgan fingerprint density at radius 3 is 2.79 bits per heavy atom. The first-order valence-electron chi connectivity index (χ1n) is 7.99. The largest absolute Gasteiger partial charge is 0.459 e. The van der Waals surface area contributed by atoms with Gasteiger partial charge < -0.3 is 9.32 Å². The molecule has 2 aromatic heterocycles. The molecule has 0 fully saturated rings. The Labute approximate surface area is 144 Å². The second-order valence-corrected chi connectivity index (χ2v) is 7.13. The predicted molar refractivity (Wildman–Crippen MR) is 95.8 cm³/mol. The van der Waals surface area contributed by atoms with Gasteiger partial charge in [-0.25, -0.2) is 4.98 Å². The number of carbonyl (C=O) groups excluding carboxylic acids is 1. The molecule has 3 heterocycles. The van der Waals surface area contributed by atoms with E-state index in [1.54, 1.807) is 0 Å². The highest BCUT2D eigenvalue weighted by Gasteiger charge is 2.29. The van der Waals surface area contributed by atoms with Crippen molar-refractivity contribution in [2.24, 2.45) is 0 Å². The van der Waals surface area contributed by atoms with Gasteiger partial charge in [0.15, 0.2) is 10.8 Å². The molecule has 1 aliphatic heterocycles. The van der Waals surface area contributed by atoms with E-state index in [1.165, 1.54) is 16.9 Å². The van der Waals surface area contributed by atoms with Gasteiger partial charge in [-0.1, -0.05) is 18.2 Å². The Balaban J connectivity index is 1.71. The summed E-state index contributed by atoms with van der Waals surface area (Å²) in [4.78, 5) is 20.2. The monoisotopic (exact) mass is 338 g/mol. The van der Waals surface area contributed by atoms with Crippen molar-refractivity contribution >= 4 is 22.9 Å². The number of aryl methyl sites for hydroxylation is 3. The van der Waals surface area contributed by atoms with E-state index >= 15 is 0 Å². The number of para-hydroxylation sites is 1. The standard InChI is InChI=1S/C19H18N2O2S/c1-11-5-4-6-14-9-10-21(16(11)14)19(22)17-13(3)20-18(24-17)15-8-7-12(2)23-15/h4-8H,9-10H2,1-3H3. The van der Waals surface area contributed by atoms with Crippen molar-refractivity contribution in [1.82, 2.24) is 4.98 Å². The number of furan rings is 1. The SMILES string of the molecule is Cc1ccc(-c2nc(C)c(C(=O)N3CCc4cccc(C)c43)s2)o1. The Bertz CT molecular complexity index is 939. The third-order valence-corrected chi connectivity index (χ3v) is 5.54. The van der Waals surface area contributed by atoms with E-state index in [9.17, 15) is 4.79 Å². The maximum absolute atomic E-state index is 13.1. The molecule has 1 amide bonds. The minimum absolute atomic E-state index is 0.0348. The average Bonchev–Trinajstić information content (AvgIpc) is 3.25. The number of benzene rings is 1. The molecule has 4 rings (SSSR count). The van der Waals surface area contributed by atoms with Gasteiger partial charge in [0.05, 0.1) is 11.4 Å². The lowest BCUT2D eigenvalue weighted by molar-refractivity contribution is 0.0992. The molecular formula is C19H18N2O2S. The Morgan fingerprint density at radius 1 is 1.21 bits per heavy atom. The van der Waals surface area contributed by atoms with Crippen LogP contribution in [0, 0.1) is 20.8 Å². The van der Waals surface area contributed by atoms with Gasteiger partial charge in [-0.05, 0) is 50.5 Å². The summed E-state index contributed by atoms with van der Waals surface area (Å²) in [6.07, 6.45) is 0.908. The molecule has 0 saturated heterocycles. The molecule has 0 spiro atoms. The fourth-order valence-electron chi connectivity index (χ4n) is 3.23. The normalized spacial score (nSPS) is 13.4. The lowest BCUT2D eigenvalue weighted by atomic mass is 10.1. The molecule has 5 heteroatoms. The third kappa shape index (κ3) is 2.36. The second kappa shape index (κ2) is 5.60. The van der Waals surface area contributed by atoms with Crippen LogP contribution in [0.5, 0.6) is 0 Å². The summed E-state index contributed by atoms with van der Waals surface area (Å²) in [6, 6.07) is 10.0. The Kier molecular flexibility index (Phi) is 3.53. The van der Waals surface area contributed by atoms with Crippen molar-refractivity contribution in [3.63, 3.8) is 0 Å². The highest BCUT2D eigenvalue weighted by Crippen LogP contribution is 2.35. The molecule has 0 atom stereocenters. The summed E-state index contributed by atoms with van der Waals surface area (Å²) in [5.41, 5.74) is 4.21. The van der Waals surface area contributed by atoms with Crippen molar-refractivity contribution in [1.29, 1.82) is 0 Å². The number of nitrogens with zero attached hydrogens (tertiary/aromatic N) is 2. The maximum atomic E-state index is 13.1. The molecule has 1 aliphatic rings. The van der Waals surface area contributed by atoms with Gasteiger partial charge in [-0.15, -0.1) is 11.3 Å². The molecular weight excluding hydrogens is 320 g/mol. The van der Waals surface area contributed by atoms with Crippen molar-refractivity contribution in [3.05, 3.63) is 57.8 Å². The smallest absolute Gasteiger partial charge is 0.270 e. The number of thiazole rings is 1. The molecule has 0 aliphatic carbocycles. The molecule has 0 radical (unpaired) electrons. The summed E-state index contributed by atoms with van der Waals surface area (Å²) >= 11 is 1.41. The van der Waals surface area contributed by atoms with Crippen LogP contribution in [-0.4, -0.2) is 17.4 Å². The number of carbonyl (C=O) groups is 1. The van der Waals surface area contributed by atoms with E-state index in [0.29, 0.717) is 4.88 Å². The summed E-state index contributed by atoms with van der Waals surface area (Å²) in [6.45, 7) is 6.57. The van der Waals surface area contributed by atoms with Crippen molar-refractivity contribution in [2.45, 2.75) is 27.2 Å². The van der Waals surface area contributed by atoms with Gasteiger partial charge >= 0.3 is 0 Å². The Morgan fingerprint density at radius 2 is 2.04 bits per heavy atom. The quantitative estimate of drug-likeness (QED) is 0.689. The molecule has 3 aromatic rings. The van der Waals surface area contributed by atoms with Crippen LogP contribution in [0.3, 0.4) is 0 Å². The molecule has 1 aromatic carbocycles. The first-order valence-corrected chi connectivity index (χ1v) is 8.81. The lowest BCUT2D eigenvalue weighted by Crippen LogP contribution is -2.29. The minimum Gasteiger partial charge on any atom is -0.459 e. The molecule has 0 unspecified atom stereocenters. The van der Waals surface area contributed by atoms with E-state index in [-0.39, 0.29) is 5.91 Å². The molecule has 0 saturated carbocycles. The number of amides is 1.